The van der Waals surface area contributed by atoms with E-state index in [9.17, 15) is 18.0 Å². The van der Waals surface area contributed by atoms with Crippen molar-refractivity contribution in [2.24, 2.45) is 0 Å². The number of carbonyl (C=O) groups is 1. The number of benzene rings is 2. The van der Waals surface area contributed by atoms with E-state index < -0.39 is 17.8 Å². The Morgan fingerprint density at radius 3 is 2.44 bits per heavy atom. The standard InChI is InChI=1S/C17H11BrF3N3O/c18-12-7-8-14(15-10(12)4-3-9-22-15)24-16(25)23-13-6-2-1-5-11(13)17(19,20)21/h1-9H,(H2,23,24,25). The molecule has 0 unspecified atom stereocenters. The molecule has 128 valence electrons. The Morgan fingerprint density at radius 2 is 1.68 bits per heavy atom. The molecule has 1 heterocycles. The Bertz CT molecular complexity index is 944. The summed E-state index contributed by atoms with van der Waals surface area (Å²) < 4.78 is 39.8. The zero-order valence-electron chi connectivity index (χ0n) is 12.6. The Balaban J connectivity index is 1.87. The number of para-hydroxylation sites is 1. The van der Waals surface area contributed by atoms with Gasteiger partial charge < -0.3 is 10.6 Å². The maximum atomic E-state index is 13.0. The normalized spacial score (nSPS) is 11.4. The van der Waals surface area contributed by atoms with E-state index in [1.54, 1.807) is 24.4 Å². The van der Waals surface area contributed by atoms with Gasteiger partial charge in [-0.2, -0.15) is 13.2 Å². The first kappa shape index (κ1) is 17.2. The number of hydrogen-bond donors (Lipinski definition) is 2. The summed E-state index contributed by atoms with van der Waals surface area (Å²) in [4.78, 5) is 16.4. The van der Waals surface area contributed by atoms with Gasteiger partial charge in [-0.05, 0) is 30.3 Å². The van der Waals surface area contributed by atoms with Crippen molar-refractivity contribution in [1.29, 1.82) is 0 Å². The molecule has 0 aliphatic carbocycles. The van der Waals surface area contributed by atoms with Gasteiger partial charge in [0, 0.05) is 16.1 Å². The number of rotatable bonds is 2. The van der Waals surface area contributed by atoms with Gasteiger partial charge in [-0.3, -0.25) is 4.98 Å². The molecule has 8 heteroatoms. The first-order chi connectivity index (χ1) is 11.9. The van der Waals surface area contributed by atoms with E-state index in [-0.39, 0.29) is 5.69 Å². The summed E-state index contributed by atoms with van der Waals surface area (Å²) in [6.07, 6.45) is -2.99. The Labute approximate surface area is 149 Å². The van der Waals surface area contributed by atoms with Crippen molar-refractivity contribution < 1.29 is 18.0 Å². The quantitative estimate of drug-likeness (QED) is 0.573. The molecule has 0 radical (unpaired) electrons. The number of nitrogens with zero attached hydrogens (tertiary/aromatic N) is 1. The van der Waals surface area contributed by atoms with E-state index in [0.29, 0.717) is 11.2 Å². The van der Waals surface area contributed by atoms with Crippen molar-refractivity contribution in [1.82, 2.24) is 4.98 Å². The van der Waals surface area contributed by atoms with Crippen molar-refractivity contribution >= 4 is 44.2 Å². The molecule has 0 spiro atoms. The van der Waals surface area contributed by atoms with Crippen LogP contribution in [0, 0.1) is 0 Å². The lowest BCUT2D eigenvalue weighted by Crippen LogP contribution is -2.22. The molecule has 2 aromatic carbocycles. The minimum Gasteiger partial charge on any atom is -0.307 e. The highest BCUT2D eigenvalue weighted by molar-refractivity contribution is 9.10. The molecule has 3 rings (SSSR count). The third-order valence-corrected chi connectivity index (χ3v) is 4.14. The number of halogens is 4. The van der Waals surface area contributed by atoms with Gasteiger partial charge in [-0.25, -0.2) is 4.79 Å². The second-order valence-electron chi connectivity index (χ2n) is 5.12. The first-order valence-electron chi connectivity index (χ1n) is 7.14. The van der Waals surface area contributed by atoms with E-state index in [4.69, 9.17) is 0 Å². The molecule has 0 fully saturated rings. The van der Waals surface area contributed by atoms with Gasteiger partial charge in [0.25, 0.3) is 0 Å². The Morgan fingerprint density at radius 1 is 0.960 bits per heavy atom. The van der Waals surface area contributed by atoms with Crippen LogP contribution in [0.5, 0.6) is 0 Å². The van der Waals surface area contributed by atoms with Crippen LogP contribution in [0.15, 0.2) is 59.2 Å². The van der Waals surface area contributed by atoms with E-state index in [2.05, 4.69) is 31.5 Å². The Hall–Kier alpha value is -2.61. The maximum Gasteiger partial charge on any atom is 0.418 e. The van der Waals surface area contributed by atoms with E-state index in [0.717, 1.165) is 15.9 Å². The van der Waals surface area contributed by atoms with Crippen LogP contribution in [0.3, 0.4) is 0 Å². The SMILES string of the molecule is O=C(Nc1ccccc1C(F)(F)F)Nc1ccc(Br)c2cccnc12. The molecule has 0 bridgehead atoms. The van der Waals surface area contributed by atoms with Crippen molar-refractivity contribution in [3.05, 3.63) is 64.8 Å². The molecule has 3 aromatic rings. The fourth-order valence-electron chi connectivity index (χ4n) is 2.35. The van der Waals surface area contributed by atoms with Gasteiger partial charge in [0.2, 0.25) is 0 Å². The topological polar surface area (TPSA) is 54.0 Å². The van der Waals surface area contributed by atoms with Gasteiger partial charge in [-0.15, -0.1) is 0 Å². The highest BCUT2D eigenvalue weighted by Crippen LogP contribution is 2.34. The fourth-order valence-corrected chi connectivity index (χ4v) is 2.81. The van der Waals surface area contributed by atoms with Crippen LogP contribution in [0.4, 0.5) is 29.3 Å². The lowest BCUT2D eigenvalue weighted by atomic mass is 10.1. The molecule has 0 atom stereocenters. The zero-order valence-corrected chi connectivity index (χ0v) is 14.1. The zero-order chi connectivity index (χ0) is 18.0. The number of carbonyl (C=O) groups excluding carboxylic acids is 1. The molecule has 0 aliphatic heterocycles. The highest BCUT2D eigenvalue weighted by atomic mass is 79.9. The number of alkyl halides is 3. The lowest BCUT2D eigenvalue weighted by molar-refractivity contribution is -0.136. The minimum atomic E-state index is -4.56. The number of aromatic nitrogens is 1. The summed E-state index contributed by atoms with van der Waals surface area (Å²) in [6, 6.07) is 10.9. The van der Waals surface area contributed by atoms with Crippen molar-refractivity contribution in [2.45, 2.75) is 6.18 Å². The number of hydrogen-bond acceptors (Lipinski definition) is 2. The number of pyridine rings is 1. The second-order valence-corrected chi connectivity index (χ2v) is 5.97. The number of fused-ring (bicyclic) bond motifs is 1. The van der Waals surface area contributed by atoms with Gasteiger partial charge in [0.15, 0.2) is 0 Å². The molecule has 1 aromatic heterocycles. The predicted octanol–water partition coefficient (Wildman–Crippen LogP) is 5.66. The third kappa shape index (κ3) is 3.74. The average molecular weight is 410 g/mol. The minimum absolute atomic E-state index is 0.318. The molecule has 0 aliphatic rings. The van der Waals surface area contributed by atoms with Crippen LogP contribution in [-0.4, -0.2) is 11.0 Å². The largest absolute Gasteiger partial charge is 0.418 e. The van der Waals surface area contributed by atoms with Gasteiger partial charge in [0.1, 0.15) is 0 Å². The number of amides is 2. The number of nitrogens with one attached hydrogen (secondary N) is 2. The van der Waals surface area contributed by atoms with Crippen LogP contribution in [0.1, 0.15) is 5.56 Å². The number of urea groups is 1. The van der Waals surface area contributed by atoms with Crippen molar-refractivity contribution in [3.8, 4) is 0 Å². The molecule has 2 N–H and O–H groups in total. The lowest BCUT2D eigenvalue weighted by Gasteiger charge is -2.14. The van der Waals surface area contributed by atoms with Crippen LogP contribution >= 0.6 is 15.9 Å². The monoisotopic (exact) mass is 409 g/mol. The summed E-state index contributed by atoms with van der Waals surface area (Å²) in [6.45, 7) is 0. The summed E-state index contributed by atoms with van der Waals surface area (Å²) in [5, 5.41) is 5.55. The van der Waals surface area contributed by atoms with E-state index in [1.807, 2.05) is 6.07 Å². The molecule has 2 amide bonds. The smallest absolute Gasteiger partial charge is 0.307 e. The highest BCUT2D eigenvalue weighted by Gasteiger charge is 2.33. The van der Waals surface area contributed by atoms with Crippen LogP contribution < -0.4 is 10.6 Å². The van der Waals surface area contributed by atoms with Gasteiger partial charge in [-0.1, -0.05) is 34.1 Å². The number of anilines is 2. The van der Waals surface area contributed by atoms with E-state index in [1.165, 1.54) is 18.2 Å². The Kier molecular flexibility index (Phi) is 4.63. The molecular formula is C17H11BrF3N3O. The van der Waals surface area contributed by atoms with Crippen LogP contribution in [-0.2, 0) is 6.18 Å². The summed E-state index contributed by atoms with van der Waals surface area (Å²) in [5.74, 6) is 0. The molecular weight excluding hydrogens is 399 g/mol. The molecule has 0 saturated heterocycles. The summed E-state index contributed by atoms with van der Waals surface area (Å²) in [7, 11) is 0. The predicted molar refractivity (Wildman–Crippen MR) is 93.5 cm³/mol. The van der Waals surface area contributed by atoms with Crippen molar-refractivity contribution in [3.63, 3.8) is 0 Å². The summed E-state index contributed by atoms with van der Waals surface area (Å²) >= 11 is 3.39. The van der Waals surface area contributed by atoms with Gasteiger partial charge >= 0.3 is 12.2 Å². The average Bonchev–Trinajstić information content (AvgIpc) is 2.57. The second kappa shape index (κ2) is 6.72. The van der Waals surface area contributed by atoms with Crippen molar-refractivity contribution in [2.75, 3.05) is 10.6 Å². The first-order valence-corrected chi connectivity index (χ1v) is 7.93. The molecule has 0 saturated carbocycles. The maximum absolute atomic E-state index is 13.0. The van der Waals surface area contributed by atoms with Crippen LogP contribution in [0.2, 0.25) is 0 Å². The molecule has 25 heavy (non-hydrogen) atoms. The fraction of sp³-hybridized carbons (Fsp3) is 0.0588. The third-order valence-electron chi connectivity index (χ3n) is 3.45. The molecule has 4 nitrogen and oxygen atoms in total. The van der Waals surface area contributed by atoms with Gasteiger partial charge in [0.05, 0.1) is 22.5 Å². The van der Waals surface area contributed by atoms with Crippen LogP contribution in [0.25, 0.3) is 10.9 Å². The van der Waals surface area contributed by atoms with E-state index >= 15 is 0 Å². The summed E-state index contributed by atoms with van der Waals surface area (Å²) in [5.41, 5.74) is -0.317.